The van der Waals surface area contributed by atoms with Crippen molar-refractivity contribution in [1.29, 1.82) is 0 Å². The molecule has 0 saturated carbocycles. The van der Waals surface area contributed by atoms with Gasteiger partial charge in [-0.1, -0.05) is 24.3 Å². The van der Waals surface area contributed by atoms with Crippen LogP contribution in [0.5, 0.6) is 0 Å². The third-order valence-corrected chi connectivity index (χ3v) is 5.60. The minimum absolute atomic E-state index is 0.0584. The predicted octanol–water partition coefficient (Wildman–Crippen LogP) is 2.04. The van der Waals surface area contributed by atoms with Gasteiger partial charge in [0, 0.05) is 49.1 Å². The van der Waals surface area contributed by atoms with Crippen LogP contribution in [0.25, 0.3) is 10.8 Å². The average Bonchev–Trinajstić information content (AvgIpc) is 3.22. The SMILES string of the molecule is CN(C(=O)CCCN1C(=O)c2cccc3cccc(c23)C1=O)C1CCNC1. The second kappa shape index (κ2) is 7.12. The van der Waals surface area contributed by atoms with E-state index in [9.17, 15) is 14.4 Å². The number of nitrogens with one attached hydrogen (secondary N) is 1. The molecule has 2 aromatic carbocycles. The normalized spacial score (nSPS) is 19.0. The third-order valence-electron chi connectivity index (χ3n) is 5.60. The highest BCUT2D eigenvalue weighted by Crippen LogP contribution is 2.30. The minimum atomic E-state index is -0.273. The first-order valence-corrected chi connectivity index (χ1v) is 9.42. The van der Waals surface area contributed by atoms with E-state index >= 15 is 0 Å². The summed E-state index contributed by atoms with van der Waals surface area (Å²) >= 11 is 0. The lowest BCUT2D eigenvalue weighted by Gasteiger charge is -2.28. The zero-order valence-electron chi connectivity index (χ0n) is 15.4. The lowest BCUT2D eigenvalue weighted by Crippen LogP contribution is -2.42. The van der Waals surface area contributed by atoms with Crippen LogP contribution in [0, 0.1) is 0 Å². The van der Waals surface area contributed by atoms with E-state index in [-0.39, 0.29) is 30.3 Å². The number of benzene rings is 2. The molecule has 6 nitrogen and oxygen atoms in total. The highest BCUT2D eigenvalue weighted by atomic mass is 16.2. The maximum Gasteiger partial charge on any atom is 0.261 e. The summed E-state index contributed by atoms with van der Waals surface area (Å²) in [6.45, 7) is 2.01. The molecule has 2 aromatic rings. The van der Waals surface area contributed by atoms with Crippen LogP contribution in [-0.4, -0.2) is 60.2 Å². The molecule has 1 N–H and O–H groups in total. The Morgan fingerprint density at radius 1 is 1.15 bits per heavy atom. The topological polar surface area (TPSA) is 69.7 Å². The molecule has 6 heteroatoms. The summed E-state index contributed by atoms with van der Waals surface area (Å²) in [4.78, 5) is 41.1. The van der Waals surface area contributed by atoms with Crippen LogP contribution in [0.3, 0.4) is 0 Å². The first-order valence-electron chi connectivity index (χ1n) is 9.42. The summed E-state index contributed by atoms with van der Waals surface area (Å²) in [6.07, 6.45) is 1.76. The van der Waals surface area contributed by atoms with E-state index in [0.29, 0.717) is 24.0 Å². The van der Waals surface area contributed by atoms with Gasteiger partial charge in [-0.05, 0) is 36.9 Å². The molecular weight excluding hydrogens is 342 g/mol. The highest BCUT2D eigenvalue weighted by molar-refractivity contribution is 6.25. The van der Waals surface area contributed by atoms with Crippen molar-refractivity contribution < 1.29 is 14.4 Å². The molecule has 1 saturated heterocycles. The van der Waals surface area contributed by atoms with Crippen molar-refractivity contribution in [3.05, 3.63) is 47.5 Å². The molecule has 0 radical (unpaired) electrons. The van der Waals surface area contributed by atoms with Crippen molar-refractivity contribution in [2.45, 2.75) is 25.3 Å². The van der Waals surface area contributed by atoms with Gasteiger partial charge < -0.3 is 10.2 Å². The second-order valence-electron chi connectivity index (χ2n) is 7.23. The summed E-state index contributed by atoms with van der Waals surface area (Å²) < 4.78 is 0. The van der Waals surface area contributed by atoms with Crippen molar-refractivity contribution in [2.75, 3.05) is 26.7 Å². The minimum Gasteiger partial charge on any atom is -0.341 e. The molecule has 1 unspecified atom stereocenters. The van der Waals surface area contributed by atoms with Gasteiger partial charge >= 0.3 is 0 Å². The molecule has 140 valence electrons. The molecule has 0 aromatic heterocycles. The predicted molar refractivity (Wildman–Crippen MR) is 103 cm³/mol. The monoisotopic (exact) mass is 365 g/mol. The fourth-order valence-corrected chi connectivity index (χ4v) is 4.02. The van der Waals surface area contributed by atoms with Crippen molar-refractivity contribution in [3.63, 3.8) is 0 Å². The maximum absolute atomic E-state index is 12.8. The smallest absolute Gasteiger partial charge is 0.261 e. The van der Waals surface area contributed by atoms with Crippen LogP contribution in [0.2, 0.25) is 0 Å². The number of hydrogen-bond acceptors (Lipinski definition) is 4. The van der Waals surface area contributed by atoms with Crippen molar-refractivity contribution in [3.8, 4) is 0 Å². The quantitative estimate of drug-likeness (QED) is 0.824. The molecule has 1 fully saturated rings. The van der Waals surface area contributed by atoms with Crippen LogP contribution in [-0.2, 0) is 4.79 Å². The van der Waals surface area contributed by atoms with Gasteiger partial charge in [0.25, 0.3) is 11.8 Å². The van der Waals surface area contributed by atoms with E-state index in [1.54, 1.807) is 17.0 Å². The van der Waals surface area contributed by atoms with Crippen LogP contribution in [0.15, 0.2) is 36.4 Å². The van der Waals surface area contributed by atoms with Crippen LogP contribution in [0.4, 0.5) is 0 Å². The van der Waals surface area contributed by atoms with E-state index in [0.717, 1.165) is 30.3 Å². The number of imide groups is 1. The summed E-state index contributed by atoms with van der Waals surface area (Å²) in [5.41, 5.74) is 1.12. The number of carbonyl (C=O) groups excluding carboxylic acids is 3. The van der Waals surface area contributed by atoms with Gasteiger partial charge in [0.05, 0.1) is 0 Å². The molecule has 0 bridgehead atoms. The fourth-order valence-electron chi connectivity index (χ4n) is 4.02. The molecule has 0 aliphatic carbocycles. The van der Waals surface area contributed by atoms with Gasteiger partial charge in [0.2, 0.25) is 5.91 Å². The Balaban J connectivity index is 1.45. The van der Waals surface area contributed by atoms with E-state index in [2.05, 4.69) is 5.32 Å². The van der Waals surface area contributed by atoms with Gasteiger partial charge in [0.1, 0.15) is 0 Å². The summed E-state index contributed by atoms with van der Waals surface area (Å²) in [6, 6.07) is 11.2. The van der Waals surface area contributed by atoms with E-state index < -0.39 is 0 Å². The number of hydrogen-bond donors (Lipinski definition) is 1. The third kappa shape index (κ3) is 3.10. The zero-order chi connectivity index (χ0) is 19.0. The fraction of sp³-hybridized carbons (Fsp3) is 0.381. The van der Waals surface area contributed by atoms with E-state index in [4.69, 9.17) is 0 Å². The first-order chi connectivity index (χ1) is 13.1. The molecule has 2 heterocycles. The van der Waals surface area contributed by atoms with Crippen molar-refractivity contribution in [2.24, 2.45) is 0 Å². The lowest BCUT2D eigenvalue weighted by molar-refractivity contribution is -0.131. The number of rotatable bonds is 5. The zero-order valence-corrected chi connectivity index (χ0v) is 15.4. The number of carbonyl (C=O) groups is 3. The average molecular weight is 365 g/mol. The van der Waals surface area contributed by atoms with E-state index in [1.165, 1.54) is 4.90 Å². The van der Waals surface area contributed by atoms with Gasteiger partial charge in [0.15, 0.2) is 0 Å². The highest BCUT2D eigenvalue weighted by Gasteiger charge is 2.32. The second-order valence-corrected chi connectivity index (χ2v) is 7.23. The van der Waals surface area contributed by atoms with Crippen LogP contribution >= 0.6 is 0 Å². The summed E-state index contributed by atoms with van der Waals surface area (Å²) in [5, 5.41) is 4.88. The Morgan fingerprint density at radius 3 is 2.41 bits per heavy atom. The molecule has 0 spiro atoms. The van der Waals surface area contributed by atoms with Crippen molar-refractivity contribution in [1.82, 2.24) is 15.1 Å². The molecule has 4 rings (SSSR count). The Kier molecular flexibility index (Phi) is 4.66. The molecule has 3 amide bonds. The number of amides is 3. The Hall–Kier alpha value is -2.73. The standard InChI is InChI=1S/C21H23N3O3/c1-23(15-10-11-22-13-15)18(25)9-4-12-24-20(26)16-7-2-5-14-6-3-8-17(19(14)16)21(24)27/h2-3,5-8,15,22H,4,9-13H2,1H3. The largest absolute Gasteiger partial charge is 0.341 e. The lowest BCUT2D eigenvalue weighted by atomic mass is 9.94. The summed E-state index contributed by atoms with van der Waals surface area (Å²) in [5.74, 6) is -0.488. The Morgan fingerprint density at radius 2 is 1.81 bits per heavy atom. The maximum atomic E-state index is 12.8. The molecular formula is C21H23N3O3. The molecule has 2 aliphatic heterocycles. The van der Waals surface area contributed by atoms with Gasteiger partial charge in [-0.15, -0.1) is 0 Å². The molecule has 1 atom stereocenters. The van der Waals surface area contributed by atoms with Gasteiger partial charge in [-0.25, -0.2) is 0 Å². The van der Waals surface area contributed by atoms with Crippen molar-refractivity contribution >= 4 is 28.5 Å². The Labute approximate surface area is 158 Å². The van der Waals surface area contributed by atoms with Crippen LogP contribution < -0.4 is 5.32 Å². The van der Waals surface area contributed by atoms with E-state index in [1.807, 2.05) is 31.3 Å². The molecule has 2 aliphatic rings. The summed E-state index contributed by atoms with van der Waals surface area (Å²) in [7, 11) is 1.83. The molecule has 27 heavy (non-hydrogen) atoms. The number of likely N-dealkylation sites (N-methyl/N-ethyl adjacent to an activating group) is 1. The first kappa shape index (κ1) is 17.7. The number of nitrogens with zero attached hydrogens (tertiary/aromatic N) is 2. The van der Waals surface area contributed by atoms with Gasteiger partial charge in [-0.2, -0.15) is 0 Å². The van der Waals surface area contributed by atoms with Gasteiger partial charge in [-0.3, -0.25) is 19.3 Å². The van der Waals surface area contributed by atoms with Crippen LogP contribution in [0.1, 0.15) is 40.0 Å². The Bertz CT molecular complexity index is 867.